The number of likely N-dealkylation sites (tertiary alicyclic amines) is 1. The van der Waals surface area contributed by atoms with Crippen LogP contribution < -0.4 is 16.0 Å². The van der Waals surface area contributed by atoms with E-state index in [-0.39, 0.29) is 29.5 Å². The molecule has 1 aliphatic carbocycles. The largest absolute Gasteiger partial charge is 0.444 e. The quantitative estimate of drug-likeness (QED) is 0.432. The summed E-state index contributed by atoms with van der Waals surface area (Å²) in [5, 5.41) is 9.23. The first kappa shape index (κ1) is 29.3. The summed E-state index contributed by atoms with van der Waals surface area (Å²) in [6, 6.07) is 9.44. The molecule has 1 atom stereocenters. The molecule has 0 bridgehead atoms. The molecule has 2 aliphatic rings. The number of aromatic nitrogens is 2. The molecule has 1 saturated carbocycles. The highest BCUT2D eigenvalue weighted by atomic mass is 16.6. The van der Waals surface area contributed by atoms with Crippen molar-refractivity contribution >= 4 is 23.7 Å². The zero-order valence-corrected chi connectivity index (χ0v) is 23.8. The van der Waals surface area contributed by atoms with Crippen molar-refractivity contribution in [1.29, 1.82) is 0 Å². The van der Waals surface area contributed by atoms with Crippen LogP contribution in [0.4, 0.5) is 10.6 Å². The zero-order chi connectivity index (χ0) is 28.5. The first-order chi connectivity index (χ1) is 19.2. The standard InChI is InChI=1S/C30H42N6O4/c1-30(2,3)40-29(39)35-24(28(38)36-19-7-8-20-36)22-11-13-23(14-12-22)34-27(37)25-26(33-18-17-31-25)32-16-15-21-9-5-4-6-10-21/h4-6,9-10,17-18,22-24H,7-8,11-16,19-20H2,1-3H3,(H,32,33)(H,34,37)(H,35,39)/t22-,23-,24-/m0/s1. The van der Waals surface area contributed by atoms with Crippen LogP contribution in [-0.2, 0) is 16.0 Å². The molecular weight excluding hydrogens is 508 g/mol. The summed E-state index contributed by atoms with van der Waals surface area (Å²) in [4.78, 5) is 49.6. The van der Waals surface area contributed by atoms with E-state index in [9.17, 15) is 14.4 Å². The van der Waals surface area contributed by atoms with Crippen molar-refractivity contribution in [1.82, 2.24) is 25.5 Å². The lowest BCUT2D eigenvalue weighted by Crippen LogP contribution is -2.54. The number of amides is 3. The molecule has 0 radical (unpaired) electrons. The van der Waals surface area contributed by atoms with Crippen LogP contribution in [0.25, 0.3) is 0 Å². The maximum absolute atomic E-state index is 13.4. The summed E-state index contributed by atoms with van der Waals surface area (Å²) in [5.41, 5.74) is 0.818. The number of ether oxygens (including phenoxy) is 1. The van der Waals surface area contributed by atoms with Gasteiger partial charge in [0.2, 0.25) is 5.91 Å². The smallest absolute Gasteiger partial charge is 0.408 e. The van der Waals surface area contributed by atoms with Crippen molar-refractivity contribution in [3.63, 3.8) is 0 Å². The fraction of sp³-hybridized carbons (Fsp3) is 0.567. The van der Waals surface area contributed by atoms with Gasteiger partial charge in [0.1, 0.15) is 11.6 Å². The molecule has 10 heteroatoms. The fourth-order valence-corrected chi connectivity index (χ4v) is 5.40. The van der Waals surface area contributed by atoms with E-state index < -0.39 is 17.7 Å². The number of nitrogens with one attached hydrogen (secondary N) is 3. The Bertz CT molecular complexity index is 1140. The van der Waals surface area contributed by atoms with Gasteiger partial charge in [-0.1, -0.05) is 30.3 Å². The summed E-state index contributed by atoms with van der Waals surface area (Å²) in [6.07, 6.45) is 8.09. The number of nitrogens with zero attached hydrogens (tertiary/aromatic N) is 3. The summed E-state index contributed by atoms with van der Waals surface area (Å²) in [6.45, 7) is 7.48. The van der Waals surface area contributed by atoms with Gasteiger partial charge >= 0.3 is 6.09 Å². The van der Waals surface area contributed by atoms with E-state index in [0.717, 1.165) is 32.4 Å². The van der Waals surface area contributed by atoms with Gasteiger partial charge in [-0.05, 0) is 77.2 Å². The van der Waals surface area contributed by atoms with Gasteiger partial charge < -0.3 is 25.6 Å². The average Bonchev–Trinajstić information content (AvgIpc) is 3.47. The van der Waals surface area contributed by atoms with Crippen molar-refractivity contribution < 1.29 is 19.1 Å². The van der Waals surface area contributed by atoms with E-state index in [1.54, 1.807) is 27.0 Å². The highest BCUT2D eigenvalue weighted by Crippen LogP contribution is 2.29. The van der Waals surface area contributed by atoms with Crippen molar-refractivity contribution in [2.24, 2.45) is 5.92 Å². The molecule has 1 aromatic carbocycles. The molecule has 216 valence electrons. The van der Waals surface area contributed by atoms with Crippen LogP contribution in [0.15, 0.2) is 42.7 Å². The Balaban J connectivity index is 1.32. The summed E-state index contributed by atoms with van der Waals surface area (Å²) >= 11 is 0. The zero-order valence-electron chi connectivity index (χ0n) is 23.8. The molecule has 1 aromatic heterocycles. The van der Waals surface area contributed by atoms with E-state index in [1.807, 2.05) is 23.1 Å². The molecule has 0 unspecified atom stereocenters. The number of alkyl carbamates (subject to hydrolysis) is 1. The number of anilines is 1. The molecule has 3 amide bonds. The Kier molecular flexibility index (Phi) is 9.95. The first-order valence-corrected chi connectivity index (χ1v) is 14.4. The number of carbonyl (C=O) groups is 3. The second-order valence-electron chi connectivity index (χ2n) is 11.7. The van der Waals surface area contributed by atoms with Gasteiger partial charge in [0.15, 0.2) is 11.5 Å². The first-order valence-electron chi connectivity index (χ1n) is 14.4. The number of rotatable bonds is 9. The molecule has 1 saturated heterocycles. The molecule has 3 N–H and O–H groups in total. The highest BCUT2D eigenvalue weighted by molar-refractivity contribution is 5.96. The molecule has 40 heavy (non-hydrogen) atoms. The SMILES string of the molecule is CC(C)(C)OC(=O)N[C@H](C(=O)N1CCCC1)[C@H]1CC[C@H](NC(=O)c2nccnc2NCCc2ccccc2)CC1. The molecule has 2 aromatic rings. The number of carbonyl (C=O) groups excluding carboxylic acids is 3. The van der Waals surface area contributed by atoms with E-state index in [4.69, 9.17) is 4.74 Å². The van der Waals surface area contributed by atoms with E-state index >= 15 is 0 Å². The molecule has 1 aliphatic heterocycles. The topological polar surface area (TPSA) is 126 Å². The van der Waals surface area contributed by atoms with Gasteiger partial charge in [-0.3, -0.25) is 9.59 Å². The average molecular weight is 551 g/mol. The minimum atomic E-state index is -0.650. The van der Waals surface area contributed by atoms with Gasteiger partial charge in [0, 0.05) is 38.1 Å². The van der Waals surface area contributed by atoms with Crippen molar-refractivity contribution in [3.8, 4) is 0 Å². The molecule has 10 nitrogen and oxygen atoms in total. The number of hydrogen-bond donors (Lipinski definition) is 3. The van der Waals surface area contributed by atoms with Gasteiger partial charge in [-0.2, -0.15) is 0 Å². The third-order valence-corrected chi connectivity index (χ3v) is 7.40. The Morgan fingerprint density at radius 3 is 2.35 bits per heavy atom. The molecule has 2 heterocycles. The second-order valence-corrected chi connectivity index (χ2v) is 11.7. The van der Waals surface area contributed by atoms with Crippen LogP contribution >= 0.6 is 0 Å². The molecule has 0 spiro atoms. The highest BCUT2D eigenvalue weighted by Gasteiger charge is 2.37. The lowest BCUT2D eigenvalue weighted by atomic mass is 9.81. The van der Waals surface area contributed by atoms with Crippen molar-refractivity contribution in [2.75, 3.05) is 25.0 Å². The van der Waals surface area contributed by atoms with Crippen LogP contribution in [-0.4, -0.2) is 70.1 Å². The Hall–Kier alpha value is -3.69. The van der Waals surface area contributed by atoms with E-state index in [2.05, 4.69) is 38.1 Å². The lowest BCUT2D eigenvalue weighted by Gasteiger charge is -2.35. The van der Waals surface area contributed by atoms with Crippen LogP contribution in [0.5, 0.6) is 0 Å². The normalized spacial score (nSPS) is 19.9. The third-order valence-electron chi connectivity index (χ3n) is 7.40. The molecule has 2 fully saturated rings. The maximum Gasteiger partial charge on any atom is 0.408 e. The predicted octanol–water partition coefficient (Wildman–Crippen LogP) is 3.94. The van der Waals surface area contributed by atoms with Crippen LogP contribution in [0.3, 0.4) is 0 Å². The van der Waals surface area contributed by atoms with Crippen LogP contribution in [0.2, 0.25) is 0 Å². The molecular formula is C30H42N6O4. The van der Waals surface area contributed by atoms with E-state index in [0.29, 0.717) is 38.0 Å². The second kappa shape index (κ2) is 13.6. The minimum Gasteiger partial charge on any atom is -0.444 e. The monoisotopic (exact) mass is 550 g/mol. The third kappa shape index (κ3) is 8.40. The maximum atomic E-state index is 13.4. The Morgan fingerprint density at radius 1 is 1.00 bits per heavy atom. The summed E-state index contributed by atoms with van der Waals surface area (Å²) in [7, 11) is 0. The van der Waals surface area contributed by atoms with Gasteiger partial charge in [-0.25, -0.2) is 14.8 Å². The van der Waals surface area contributed by atoms with Crippen molar-refractivity contribution in [3.05, 3.63) is 54.0 Å². The summed E-state index contributed by atoms with van der Waals surface area (Å²) < 4.78 is 5.46. The fourth-order valence-electron chi connectivity index (χ4n) is 5.40. The van der Waals surface area contributed by atoms with Crippen LogP contribution in [0, 0.1) is 5.92 Å². The van der Waals surface area contributed by atoms with Crippen molar-refractivity contribution in [2.45, 2.75) is 83.4 Å². The lowest BCUT2D eigenvalue weighted by molar-refractivity contribution is -0.134. The molecule has 4 rings (SSSR count). The Labute approximate surface area is 236 Å². The predicted molar refractivity (Wildman–Crippen MR) is 153 cm³/mol. The van der Waals surface area contributed by atoms with E-state index in [1.165, 1.54) is 11.8 Å². The van der Waals surface area contributed by atoms with Gasteiger partial charge in [-0.15, -0.1) is 0 Å². The van der Waals surface area contributed by atoms with Crippen LogP contribution in [0.1, 0.15) is 75.3 Å². The Morgan fingerprint density at radius 2 is 1.68 bits per heavy atom. The summed E-state index contributed by atoms with van der Waals surface area (Å²) in [5.74, 6) is 0.125. The number of hydrogen-bond acceptors (Lipinski definition) is 7. The number of benzene rings is 1. The van der Waals surface area contributed by atoms with Gasteiger partial charge in [0.25, 0.3) is 5.91 Å². The van der Waals surface area contributed by atoms with Gasteiger partial charge in [0.05, 0.1) is 0 Å². The minimum absolute atomic E-state index is 0.0273.